The van der Waals surface area contributed by atoms with Crippen LogP contribution in [0.3, 0.4) is 0 Å². The summed E-state index contributed by atoms with van der Waals surface area (Å²) in [6, 6.07) is 11.0. The number of unbranched alkanes of at least 4 members (excludes halogenated alkanes) is 1. The topological polar surface area (TPSA) is 93.5 Å². The highest BCUT2D eigenvalue weighted by molar-refractivity contribution is 9.10. The van der Waals surface area contributed by atoms with Crippen LogP contribution in [0.15, 0.2) is 46.9 Å². The average molecular weight is 452 g/mol. The molecule has 0 fully saturated rings. The van der Waals surface area contributed by atoms with Gasteiger partial charge >= 0.3 is 0 Å². The van der Waals surface area contributed by atoms with Crippen molar-refractivity contribution in [2.75, 3.05) is 11.9 Å². The number of amides is 1. The number of anilines is 1. The van der Waals surface area contributed by atoms with E-state index >= 15 is 0 Å². The molecule has 0 saturated heterocycles. The number of benzene rings is 2. The standard InChI is InChI=1S/C18H18BrN3O4S/c1-2-3-10-26-14-7-4-12(5-8-14)17(23)21-18(27)20-16-9-6-13(22(24)25)11-15(16)19/h4-9,11H,2-3,10H2,1H3,(H2,20,21,23,27). The largest absolute Gasteiger partial charge is 0.494 e. The van der Waals surface area contributed by atoms with Crippen molar-refractivity contribution in [2.24, 2.45) is 0 Å². The lowest BCUT2D eigenvalue weighted by Crippen LogP contribution is -2.34. The van der Waals surface area contributed by atoms with Gasteiger partial charge in [-0.3, -0.25) is 20.2 Å². The molecule has 7 nitrogen and oxygen atoms in total. The molecule has 0 unspecified atom stereocenters. The number of nitrogens with zero attached hydrogens (tertiary/aromatic N) is 1. The quantitative estimate of drug-likeness (QED) is 0.275. The van der Waals surface area contributed by atoms with Gasteiger partial charge in [-0.2, -0.15) is 0 Å². The van der Waals surface area contributed by atoms with Crippen molar-refractivity contribution >= 4 is 50.5 Å². The first kappa shape index (κ1) is 20.8. The zero-order chi connectivity index (χ0) is 19.8. The van der Waals surface area contributed by atoms with E-state index in [-0.39, 0.29) is 16.7 Å². The Hall–Kier alpha value is -2.52. The van der Waals surface area contributed by atoms with Crippen LogP contribution in [0, 0.1) is 10.1 Å². The highest BCUT2D eigenvalue weighted by Crippen LogP contribution is 2.27. The number of carbonyl (C=O) groups excluding carboxylic acids is 1. The molecular weight excluding hydrogens is 434 g/mol. The molecule has 0 aliphatic heterocycles. The Morgan fingerprint density at radius 3 is 2.56 bits per heavy atom. The molecule has 0 bridgehead atoms. The number of non-ortho nitro benzene ring substituents is 1. The second-order valence-electron chi connectivity index (χ2n) is 5.56. The Morgan fingerprint density at radius 2 is 1.96 bits per heavy atom. The van der Waals surface area contributed by atoms with E-state index in [1.807, 2.05) is 0 Å². The molecule has 2 aromatic carbocycles. The van der Waals surface area contributed by atoms with Crippen LogP contribution in [-0.4, -0.2) is 22.5 Å². The molecule has 0 heterocycles. The summed E-state index contributed by atoms with van der Waals surface area (Å²) in [6.45, 7) is 2.73. The van der Waals surface area contributed by atoms with Gasteiger partial charge in [0.2, 0.25) is 0 Å². The van der Waals surface area contributed by atoms with Crippen LogP contribution in [0.5, 0.6) is 5.75 Å². The van der Waals surface area contributed by atoms with Gasteiger partial charge in [0.05, 0.1) is 17.2 Å². The number of halogens is 1. The summed E-state index contributed by atoms with van der Waals surface area (Å²) in [5, 5.41) is 16.2. The third kappa shape index (κ3) is 6.30. The Bertz CT molecular complexity index is 843. The van der Waals surface area contributed by atoms with Gasteiger partial charge < -0.3 is 10.1 Å². The van der Waals surface area contributed by atoms with Gasteiger partial charge in [-0.1, -0.05) is 13.3 Å². The zero-order valence-electron chi connectivity index (χ0n) is 14.5. The second kappa shape index (κ2) is 9.98. The zero-order valence-corrected chi connectivity index (χ0v) is 16.9. The van der Waals surface area contributed by atoms with E-state index in [1.165, 1.54) is 18.2 Å². The van der Waals surface area contributed by atoms with Crippen LogP contribution in [0.25, 0.3) is 0 Å². The van der Waals surface area contributed by atoms with Crippen LogP contribution < -0.4 is 15.4 Å². The molecule has 1 amide bonds. The summed E-state index contributed by atoms with van der Waals surface area (Å²) in [5.74, 6) is 0.334. The summed E-state index contributed by atoms with van der Waals surface area (Å²) in [7, 11) is 0. The molecule has 0 aliphatic rings. The fourth-order valence-electron chi connectivity index (χ4n) is 2.08. The number of rotatable bonds is 7. The van der Waals surface area contributed by atoms with Gasteiger partial charge in [0.15, 0.2) is 5.11 Å². The molecule has 2 rings (SSSR count). The highest BCUT2D eigenvalue weighted by atomic mass is 79.9. The number of carbonyl (C=O) groups is 1. The first-order valence-electron chi connectivity index (χ1n) is 8.20. The first-order valence-corrected chi connectivity index (χ1v) is 9.40. The van der Waals surface area contributed by atoms with Gasteiger partial charge in [0.25, 0.3) is 11.6 Å². The highest BCUT2D eigenvalue weighted by Gasteiger charge is 2.12. The second-order valence-corrected chi connectivity index (χ2v) is 6.82. The minimum absolute atomic E-state index is 0.0522. The maximum absolute atomic E-state index is 12.3. The normalized spacial score (nSPS) is 10.1. The fourth-order valence-corrected chi connectivity index (χ4v) is 2.75. The Morgan fingerprint density at radius 1 is 1.26 bits per heavy atom. The van der Waals surface area contributed by atoms with Gasteiger partial charge in [-0.25, -0.2) is 0 Å². The van der Waals surface area contributed by atoms with E-state index < -0.39 is 4.92 Å². The molecule has 0 aliphatic carbocycles. The lowest BCUT2D eigenvalue weighted by molar-refractivity contribution is -0.384. The predicted octanol–water partition coefficient (Wildman–Crippen LogP) is 4.66. The van der Waals surface area contributed by atoms with Crippen molar-refractivity contribution < 1.29 is 14.5 Å². The van der Waals surface area contributed by atoms with E-state index in [9.17, 15) is 14.9 Å². The molecule has 0 atom stereocenters. The molecule has 9 heteroatoms. The van der Waals surface area contributed by atoms with Crippen molar-refractivity contribution in [3.63, 3.8) is 0 Å². The Labute approximate surface area is 170 Å². The summed E-state index contributed by atoms with van der Waals surface area (Å²) >= 11 is 8.37. The van der Waals surface area contributed by atoms with Crippen molar-refractivity contribution in [3.05, 3.63) is 62.6 Å². The van der Waals surface area contributed by atoms with Crippen LogP contribution in [0.4, 0.5) is 11.4 Å². The summed E-state index contributed by atoms with van der Waals surface area (Å²) < 4.78 is 6.02. The number of nitro benzene ring substituents is 1. The summed E-state index contributed by atoms with van der Waals surface area (Å²) in [4.78, 5) is 22.5. The number of hydrogen-bond acceptors (Lipinski definition) is 5. The van der Waals surface area contributed by atoms with Crippen molar-refractivity contribution in [2.45, 2.75) is 19.8 Å². The van der Waals surface area contributed by atoms with Gasteiger partial charge in [-0.05, 0) is 64.9 Å². The van der Waals surface area contributed by atoms with Crippen molar-refractivity contribution in [3.8, 4) is 5.75 Å². The molecule has 142 valence electrons. The predicted molar refractivity (Wildman–Crippen MR) is 111 cm³/mol. The summed E-state index contributed by atoms with van der Waals surface area (Å²) in [6.07, 6.45) is 2.02. The van der Waals surface area contributed by atoms with Crippen LogP contribution in [0.1, 0.15) is 30.1 Å². The number of thiocarbonyl (C=S) groups is 1. The Kier molecular flexibility index (Phi) is 7.68. The first-order chi connectivity index (χ1) is 12.9. The molecule has 2 aromatic rings. The molecule has 27 heavy (non-hydrogen) atoms. The molecule has 0 radical (unpaired) electrons. The molecular formula is C18H18BrN3O4S. The maximum atomic E-state index is 12.3. The van der Waals surface area contributed by atoms with Gasteiger partial charge in [0, 0.05) is 22.2 Å². The van der Waals surface area contributed by atoms with E-state index in [4.69, 9.17) is 17.0 Å². The monoisotopic (exact) mass is 451 g/mol. The minimum atomic E-state index is -0.496. The average Bonchev–Trinajstić information content (AvgIpc) is 2.64. The van der Waals surface area contributed by atoms with Crippen LogP contribution >= 0.6 is 28.1 Å². The number of nitro groups is 1. The maximum Gasteiger partial charge on any atom is 0.270 e. The fraction of sp³-hybridized carbons (Fsp3) is 0.222. The van der Waals surface area contributed by atoms with E-state index in [2.05, 4.69) is 33.5 Å². The summed E-state index contributed by atoms with van der Waals surface area (Å²) in [5.41, 5.74) is 0.888. The molecule has 2 N–H and O–H groups in total. The number of hydrogen-bond donors (Lipinski definition) is 2. The third-order valence-electron chi connectivity index (χ3n) is 3.52. The number of nitrogens with one attached hydrogen (secondary N) is 2. The van der Waals surface area contributed by atoms with E-state index in [1.54, 1.807) is 24.3 Å². The lowest BCUT2D eigenvalue weighted by Gasteiger charge is -2.11. The van der Waals surface area contributed by atoms with Gasteiger partial charge in [-0.15, -0.1) is 0 Å². The van der Waals surface area contributed by atoms with Crippen molar-refractivity contribution in [1.82, 2.24) is 5.32 Å². The molecule has 0 spiro atoms. The third-order valence-corrected chi connectivity index (χ3v) is 4.38. The minimum Gasteiger partial charge on any atom is -0.494 e. The lowest BCUT2D eigenvalue weighted by atomic mass is 10.2. The molecule has 0 saturated carbocycles. The van der Waals surface area contributed by atoms with E-state index in [0.29, 0.717) is 28.1 Å². The smallest absolute Gasteiger partial charge is 0.270 e. The molecule has 0 aromatic heterocycles. The van der Waals surface area contributed by atoms with E-state index in [0.717, 1.165) is 12.8 Å². The Balaban J connectivity index is 1.93. The van der Waals surface area contributed by atoms with Crippen LogP contribution in [0.2, 0.25) is 0 Å². The van der Waals surface area contributed by atoms with Crippen molar-refractivity contribution in [1.29, 1.82) is 0 Å². The number of ether oxygens (including phenoxy) is 1. The SMILES string of the molecule is CCCCOc1ccc(C(=O)NC(=S)Nc2ccc([N+](=O)[O-])cc2Br)cc1. The van der Waals surface area contributed by atoms with Gasteiger partial charge in [0.1, 0.15) is 5.75 Å². The van der Waals surface area contributed by atoms with Crippen LogP contribution in [-0.2, 0) is 0 Å².